The lowest BCUT2D eigenvalue weighted by atomic mass is 10.1. The topological polar surface area (TPSA) is 96.4 Å². The number of imidazole rings is 1. The number of nitrogens with zero attached hydrogens (tertiary/aromatic N) is 6. The molecule has 0 atom stereocenters. The van der Waals surface area contributed by atoms with E-state index in [1.807, 2.05) is 69.3 Å². The molecule has 1 amide bonds. The highest BCUT2D eigenvalue weighted by atomic mass is 79.9. The van der Waals surface area contributed by atoms with E-state index >= 15 is 0 Å². The van der Waals surface area contributed by atoms with Crippen molar-refractivity contribution < 1.29 is 9.53 Å². The van der Waals surface area contributed by atoms with Gasteiger partial charge in [-0.1, -0.05) is 48.5 Å². The second kappa shape index (κ2) is 11.2. The lowest BCUT2D eigenvalue weighted by molar-refractivity contribution is 0.0240. The van der Waals surface area contributed by atoms with Crippen LogP contribution >= 0.6 is 15.9 Å². The summed E-state index contributed by atoms with van der Waals surface area (Å²) in [4.78, 5) is 35.3. The number of rotatable bonds is 5. The van der Waals surface area contributed by atoms with Crippen LogP contribution in [0.2, 0.25) is 0 Å². The van der Waals surface area contributed by atoms with E-state index in [-0.39, 0.29) is 18.3 Å². The van der Waals surface area contributed by atoms with Gasteiger partial charge in [0.25, 0.3) is 0 Å². The maximum Gasteiger partial charge on any atom is 0.410 e. The monoisotopic (exact) mass is 602 g/mol. The van der Waals surface area contributed by atoms with E-state index < -0.39 is 5.60 Å². The third-order valence-electron chi connectivity index (χ3n) is 6.84. The van der Waals surface area contributed by atoms with Crippen LogP contribution in [0.5, 0.6) is 0 Å². The van der Waals surface area contributed by atoms with Crippen LogP contribution in [0, 0.1) is 11.3 Å². The predicted molar refractivity (Wildman–Crippen MR) is 158 cm³/mol. The fraction of sp³-hybridized carbons (Fsp3) is 0.333. The summed E-state index contributed by atoms with van der Waals surface area (Å²) in [5.41, 5.74) is 2.96. The van der Waals surface area contributed by atoms with Gasteiger partial charge in [-0.25, -0.2) is 14.6 Å². The zero-order valence-corrected chi connectivity index (χ0v) is 24.4. The third kappa shape index (κ3) is 5.61. The molecule has 0 saturated carbocycles. The minimum Gasteiger partial charge on any atom is -0.444 e. The average molecular weight is 604 g/mol. The summed E-state index contributed by atoms with van der Waals surface area (Å²) >= 11 is 3.66. The minimum atomic E-state index is -0.561. The molecule has 4 aromatic rings. The molecule has 5 rings (SSSR count). The van der Waals surface area contributed by atoms with Crippen LogP contribution in [0.4, 0.5) is 10.6 Å². The molecule has 2 aromatic heterocycles. The number of carbonyl (C=O) groups is 1. The Labute approximate surface area is 241 Å². The number of fused-ring (bicyclic) bond motifs is 1. The van der Waals surface area contributed by atoms with Gasteiger partial charge in [0.05, 0.1) is 34.7 Å². The average Bonchev–Trinajstić information content (AvgIpc) is 3.20. The number of halogens is 1. The molecule has 0 bridgehead atoms. The van der Waals surface area contributed by atoms with E-state index in [0.29, 0.717) is 59.6 Å². The molecule has 2 aromatic carbocycles. The van der Waals surface area contributed by atoms with Crippen LogP contribution in [0.3, 0.4) is 0 Å². The van der Waals surface area contributed by atoms with Gasteiger partial charge in [0.15, 0.2) is 5.82 Å². The number of hydrogen-bond donors (Lipinski definition) is 0. The first-order chi connectivity index (χ1) is 19.2. The minimum absolute atomic E-state index is 0.186. The smallest absolute Gasteiger partial charge is 0.410 e. The van der Waals surface area contributed by atoms with Gasteiger partial charge < -0.3 is 14.5 Å². The molecule has 0 radical (unpaired) electrons. The molecule has 1 aliphatic rings. The maximum atomic E-state index is 14.1. The highest BCUT2D eigenvalue weighted by molar-refractivity contribution is 9.10. The molecule has 40 heavy (non-hydrogen) atoms. The van der Waals surface area contributed by atoms with Gasteiger partial charge in [-0.3, -0.25) is 9.13 Å². The number of hydrogen-bond acceptors (Lipinski definition) is 6. The SMILES string of the molecule is CC(C)(C)OC(=O)N1CCN(c2ncc(Br)c3c2n(Cc2ccccc2)c(=O)n3Cc2ccccc2C#N)CC1. The van der Waals surface area contributed by atoms with Crippen molar-refractivity contribution in [3.05, 3.63) is 92.4 Å². The first kappa shape index (κ1) is 27.5. The molecular formula is C30H31BrN6O3. The summed E-state index contributed by atoms with van der Waals surface area (Å²) in [5.74, 6) is 0.683. The first-order valence-electron chi connectivity index (χ1n) is 13.2. The number of piperazine rings is 1. The van der Waals surface area contributed by atoms with Crippen LogP contribution in [0.1, 0.15) is 37.5 Å². The molecule has 206 valence electrons. The second-order valence-electron chi connectivity index (χ2n) is 10.8. The number of amides is 1. The van der Waals surface area contributed by atoms with E-state index in [2.05, 4.69) is 26.9 Å². The first-order valence-corrected chi connectivity index (χ1v) is 14.0. The summed E-state index contributed by atoms with van der Waals surface area (Å²) in [5, 5.41) is 9.67. The molecule has 10 heteroatoms. The lowest BCUT2D eigenvalue weighted by Gasteiger charge is -2.36. The van der Waals surface area contributed by atoms with E-state index in [1.54, 1.807) is 26.3 Å². The Balaban J connectivity index is 1.58. The summed E-state index contributed by atoms with van der Waals surface area (Å²) in [6.07, 6.45) is 1.39. The van der Waals surface area contributed by atoms with Crippen LogP contribution in [-0.4, -0.2) is 56.9 Å². The normalized spacial score (nSPS) is 13.9. The molecular weight excluding hydrogens is 572 g/mol. The Morgan fingerprint density at radius 2 is 1.62 bits per heavy atom. The lowest BCUT2D eigenvalue weighted by Crippen LogP contribution is -2.50. The van der Waals surface area contributed by atoms with Crippen molar-refractivity contribution in [3.8, 4) is 6.07 Å². The molecule has 0 N–H and O–H groups in total. The molecule has 0 unspecified atom stereocenters. The molecule has 0 aliphatic carbocycles. The van der Waals surface area contributed by atoms with Crippen molar-refractivity contribution in [1.29, 1.82) is 5.26 Å². The number of anilines is 1. The summed E-state index contributed by atoms with van der Waals surface area (Å²) in [6.45, 7) is 8.23. The molecule has 1 fully saturated rings. The Morgan fingerprint density at radius 3 is 2.30 bits per heavy atom. The predicted octanol–water partition coefficient (Wildman–Crippen LogP) is 4.99. The van der Waals surface area contributed by atoms with E-state index in [4.69, 9.17) is 9.72 Å². The van der Waals surface area contributed by atoms with Crippen molar-refractivity contribution in [3.63, 3.8) is 0 Å². The van der Waals surface area contributed by atoms with Crippen molar-refractivity contribution in [2.24, 2.45) is 0 Å². The largest absolute Gasteiger partial charge is 0.444 e. The van der Waals surface area contributed by atoms with E-state index in [1.165, 1.54) is 0 Å². The Bertz CT molecular complexity index is 1640. The fourth-order valence-electron chi connectivity index (χ4n) is 4.96. The molecule has 0 spiro atoms. The van der Waals surface area contributed by atoms with Crippen LogP contribution in [0.15, 0.2) is 70.1 Å². The Morgan fingerprint density at radius 1 is 0.975 bits per heavy atom. The third-order valence-corrected chi connectivity index (χ3v) is 7.43. The van der Waals surface area contributed by atoms with Crippen molar-refractivity contribution in [2.45, 2.75) is 39.5 Å². The zero-order chi connectivity index (χ0) is 28.4. The summed E-state index contributed by atoms with van der Waals surface area (Å²) in [6, 6.07) is 19.4. The van der Waals surface area contributed by atoms with E-state index in [0.717, 1.165) is 11.1 Å². The van der Waals surface area contributed by atoms with Gasteiger partial charge in [-0.2, -0.15) is 5.26 Å². The van der Waals surface area contributed by atoms with Crippen molar-refractivity contribution in [2.75, 3.05) is 31.1 Å². The van der Waals surface area contributed by atoms with Gasteiger partial charge in [0, 0.05) is 32.4 Å². The number of ether oxygens (including phenoxy) is 1. The number of aromatic nitrogens is 3. The summed E-state index contributed by atoms with van der Waals surface area (Å²) in [7, 11) is 0. The van der Waals surface area contributed by atoms with Gasteiger partial charge in [0.2, 0.25) is 0 Å². The quantitative estimate of drug-likeness (QED) is 0.319. The highest BCUT2D eigenvalue weighted by Crippen LogP contribution is 2.32. The van der Waals surface area contributed by atoms with Crippen LogP contribution in [-0.2, 0) is 17.8 Å². The van der Waals surface area contributed by atoms with Crippen LogP contribution < -0.4 is 10.6 Å². The Hall–Kier alpha value is -4.10. The number of nitriles is 1. The van der Waals surface area contributed by atoms with Gasteiger partial charge in [-0.15, -0.1) is 0 Å². The van der Waals surface area contributed by atoms with E-state index in [9.17, 15) is 14.9 Å². The van der Waals surface area contributed by atoms with Gasteiger partial charge in [-0.05, 0) is 53.9 Å². The standard InChI is InChI=1S/C30H31BrN6O3/c1-30(2,3)40-29(39)35-15-13-34(14-16-35)27-26-25(24(31)18-33-27)37(20-23-12-8-7-11-22(23)17-32)28(38)36(26)19-21-9-5-4-6-10-21/h4-12,18H,13-16,19-20H2,1-3H3. The van der Waals surface area contributed by atoms with Crippen molar-refractivity contribution in [1.82, 2.24) is 19.0 Å². The summed E-state index contributed by atoms with van der Waals surface area (Å²) < 4.78 is 9.72. The highest BCUT2D eigenvalue weighted by Gasteiger charge is 2.29. The fourth-order valence-corrected chi connectivity index (χ4v) is 5.46. The number of benzene rings is 2. The van der Waals surface area contributed by atoms with Crippen LogP contribution in [0.25, 0.3) is 11.0 Å². The van der Waals surface area contributed by atoms with Gasteiger partial charge >= 0.3 is 11.8 Å². The maximum absolute atomic E-state index is 14.1. The molecule has 9 nitrogen and oxygen atoms in total. The second-order valence-corrected chi connectivity index (χ2v) is 11.6. The molecule has 1 saturated heterocycles. The molecule has 1 aliphatic heterocycles. The number of carbonyl (C=O) groups excluding carboxylic acids is 1. The van der Waals surface area contributed by atoms with Gasteiger partial charge in [0.1, 0.15) is 11.1 Å². The Kier molecular flexibility index (Phi) is 7.68. The number of pyridine rings is 1. The zero-order valence-electron chi connectivity index (χ0n) is 22.8. The van der Waals surface area contributed by atoms with Crippen molar-refractivity contribution >= 4 is 38.9 Å². The molecule has 3 heterocycles.